The molecule has 3 amide bonds. The number of aliphatic hydroxyl groups is 1. The first-order valence-corrected chi connectivity index (χ1v) is 15.1. The van der Waals surface area contributed by atoms with Crippen molar-refractivity contribution in [2.45, 2.75) is 83.0 Å². The third-order valence-electron chi connectivity index (χ3n) is 9.50. The molecule has 1 aromatic rings. The Morgan fingerprint density at radius 2 is 1.80 bits per heavy atom. The molecule has 41 heavy (non-hydrogen) atoms. The minimum atomic E-state index is -1.07. The number of unbranched alkanes of at least 4 members (excludes halogenated alkanes) is 3. The van der Waals surface area contributed by atoms with E-state index in [-0.39, 0.29) is 24.3 Å². The first-order valence-electron chi connectivity index (χ1n) is 15.1. The van der Waals surface area contributed by atoms with Crippen molar-refractivity contribution in [3.05, 3.63) is 54.6 Å². The van der Waals surface area contributed by atoms with E-state index < -0.39 is 29.1 Å². The molecular weight excluding hydrogens is 518 g/mol. The van der Waals surface area contributed by atoms with Gasteiger partial charge in [-0.15, -0.1) is 13.2 Å². The lowest BCUT2D eigenvalue weighted by molar-refractivity contribution is -0.150. The van der Waals surface area contributed by atoms with Crippen molar-refractivity contribution in [2.24, 2.45) is 11.8 Å². The van der Waals surface area contributed by atoms with Crippen molar-refractivity contribution in [3.63, 3.8) is 0 Å². The van der Waals surface area contributed by atoms with Gasteiger partial charge in [0.2, 0.25) is 11.8 Å². The zero-order valence-corrected chi connectivity index (χ0v) is 25.2. The Bertz CT molecular complexity index is 1180. The van der Waals surface area contributed by atoms with Crippen LogP contribution in [0.5, 0.6) is 0 Å². The molecule has 8 heteroatoms. The molecule has 0 radical (unpaired) electrons. The Labute approximate surface area is 245 Å². The fourth-order valence-electron chi connectivity index (χ4n) is 7.48. The molecule has 3 fully saturated rings. The van der Waals surface area contributed by atoms with Gasteiger partial charge in [0, 0.05) is 39.0 Å². The number of aryl methyl sites for hydroxylation is 2. The Morgan fingerprint density at radius 3 is 2.46 bits per heavy atom. The Balaban J connectivity index is 1.79. The summed E-state index contributed by atoms with van der Waals surface area (Å²) in [6.45, 7) is 14.9. The largest absolute Gasteiger partial charge is 0.396 e. The fraction of sp³-hybridized carbons (Fsp3) is 0.606. The molecule has 1 N–H and O–H groups in total. The van der Waals surface area contributed by atoms with E-state index in [1.807, 2.05) is 39.0 Å². The summed E-state index contributed by atoms with van der Waals surface area (Å²) in [5.74, 6) is -1.84. The van der Waals surface area contributed by atoms with E-state index in [0.717, 1.165) is 29.7 Å². The van der Waals surface area contributed by atoms with Crippen LogP contribution < -0.4 is 4.90 Å². The lowest BCUT2D eigenvalue weighted by atomic mass is 9.64. The molecule has 3 heterocycles. The van der Waals surface area contributed by atoms with Gasteiger partial charge in [0.1, 0.15) is 11.6 Å². The number of ether oxygens (including phenoxy) is 1. The Morgan fingerprint density at radius 1 is 1.10 bits per heavy atom. The smallest absolute Gasteiger partial charge is 0.253 e. The number of carbonyl (C=O) groups is 3. The molecular formula is C33H47N3O5. The summed E-state index contributed by atoms with van der Waals surface area (Å²) in [7, 11) is 1.74. The molecule has 4 rings (SSSR count). The molecule has 2 unspecified atom stereocenters. The zero-order chi connectivity index (χ0) is 29.9. The molecule has 3 aliphatic heterocycles. The van der Waals surface area contributed by atoms with Crippen molar-refractivity contribution in [2.75, 3.05) is 38.2 Å². The molecule has 1 spiro atoms. The van der Waals surface area contributed by atoms with Crippen LogP contribution in [0.4, 0.5) is 5.69 Å². The number of nitrogens with zero attached hydrogens (tertiary/aromatic N) is 3. The number of benzene rings is 1. The van der Waals surface area contributed by atoms with Crippen LogP contribution >= 0.6 is 0 Å². The Kier molecular flexibility index (Phi) is 9.44. The molecule has 224 valence electrons. The van der Waals surface area contributed by atoms with Crippen molar-refractivity contribution >= 4 is 23.4 Å². The van der Waals surface area contributed by atoms with Gasteiger partial charge in [-0.2, -0.15) is 0 Å². The van der Waals surface area contributed by atoms with Crippen LogP contribution in [0.1, 0.15) is 63.0 Å². The lowest BCUT2D eigenvalue weighted by Crippen LogP contribution is -2.56. The third kappa shape index (κ3) is 5.25. The number of likely N-dealkylation sites (N-methyl/N-ethyl adjacent to an activating group) is 1. The van der Waals surface area contributed by atoms with Crippen molar-refractivity contribution in [1.82, 2.24) is 9.80 Å². The lowest BCUT2D eigenvalue weighted by Gasteiger charge is -2.37. The molecule has 1 aromatic carbocycles. The maximum absolute atomic E-state index is 14.8. The number of aliphatic hydroxyl groups excluding tert-OH is 1. The van der Waals surface area contributed by atoms with E-state index in [0.29, 0.717) is 51.7 Å². The van der Waals surface area contributed by atoms with Crippen molar-refractivity contribution < 1.29 is 24.2 Å². The summed E-state index contributed by atoms with van der Waals surface area (Å²) in [5, 5.41) is 9.21. The second kappa shape index (κ2) is 12.5. The number of likely N-dealkylation sites (tertiary alicyclic amines) is 1. The van der Waals surface area contributed by atoms with Crippen LogP contribution in [0.15, 0.2) is 43.5 Å². The molecule has 5 atom stereocenters. The maximum atomic E-state index is 14.8. The van der Waals surface area contributed by atoms with E-state index in [9.17, 15) is 19.5 Å². The van der Waals surface area contributed by atoms with E-state index in [1.165, 1.54) is 0 Å². The van der Waals surface area contributed by atoms with Crippen molar-refractivity contribution in [1.29, 1.82) is 0 Å². The predicted octanol–water partition coefficient (Wildman–Crippen LogP) is 4.17. The minimum absolute atomic E-state index is 0.125. The van der Waals surface area contributed by atoms with Gasteiger partial charge in [-0.3, -0.25) is 14.4 Å². The first kappa shape index (κ1) is 31.0. The molecule has 0 aromatic heterocycles. The highest BCUT2D eigenvalue weighted by Gasteiger charge is 2.78. The van der Waals surface area contributed by atoms with Crippen LogP contribution in [-0.4, -0.2) is 83.2 Å². The summed E-state index contributed by atoms with van der Waals surface area (Å²) < 4.78 is 6.94. The summed E-state index contributed by atoms with van der Waals surface area (Å²) >= 11 is 0. The molecule has 0 aliphatic carbocycles. The standard InChI is InChI=1S/C33H47N3O5/c1-7-18-34(6)29(38)26-27-30(39)36(20-12-10-11-13-21-37)28(33(27)17-16-32(26,9-3)41-33)31(40)35(19-8-2)25-22-23(4)14-15-24(25)5/h7-8,14-15,22,26-28,37H,1-2,9-13,16-21H2,3-6H3/t26-,27+,28?,32+,33?/m1/s1. The van der Waals surface area contributed by atoms with E-state index in [1.54, 1.807) is 33.9 Å². The van der Waals surface area contributed by atoms with Gasteiger partial charge < -0.3 is 24.5 Å². The molecule has 8 nitrogen and oxygen atoms in total. The third-order valence-corrected chi connectivity index (χ3v) is 9.50. The number of fused-ring (bicyclic) bond motifs is 1. The molecule has 0 saturated carbocycles. The van der Waals surface area contributed by atoms with Gasteiger partial charge in [0.15, 0.2) is 0 Å². The van der Waals surface area contributed by atoms with Gasteiger partial charge in [-0.25, -0.2) is 0 Å². The predicted molar refractivity (Wildman–Crippen MR) is 160 cm³/mol. The van der Waals surface area contributed by atoms with Gasteiger partial charge in [0.05, 0.1) is 17.4 Å². The maximum Gasteiger partial charge on any atom is 0.253 e. The average molecular weight is 566 g/mol. The monoisotopic (exact) mass is 565 g/mol. The van der Waals surface area contributed by atoms with Crippen LogP contribution in [0, 0.1) is 25.7 Å². The van der Waals surface area contributed by atoms with Crippen LogP contribution in [-0.2, 0) is 19.1 Å². The average Bonchev–Trinajstić information content (AvgIpc) is 3.56. The summed E-state index contributed by atoms with van der Waals surface area (Å²) in [4.78, 5) is 48.2. The van der Waals surface area contributed by atoms with Crippen LogP contribution in [0.2, 0.25) is 0 Å². The summed E-state index contributed by atoms with van der Waals surface area (Å²) in [6.07, 6.45) is 8.25. The highest BCUT2D eigenvalue weighted by Crippen LogP contribution is 2.64. The van der Waals surface area contributed by atoms with E-state index >= 15 is 0 Å². The molecule has 3 aliphatic rings. The van der Waals surface area contributed by atoms with Gasteiger partial charge in [0.25, 0.3) is 5.91 Å². The molecule has 2 bridgehead atoms. The second-order valence-corrected chi connectivity index (χ2v) is 12.0. The number of hydrogen-bond donors (Lipinski definition) is 1. The number of rotatable bonds is 14. The number of amides is 3. The van der Waals surface area contributed by atoms with Gasteiger partial charge in [-0.05, 0) is 63.1 Å². The number of hydrogen-bond acceptors (Lipinski definition) is 5. The topological polar surface area (TPSA) is 90.4 Å². The first-order chi connectivity index (χ1) is 19.6. The van der Waals surface area contributed by atoms with Gasteiger partial charge in [-0.1, -0.05) is 44.1 Å². The van der Waals surface area contributed by atoms with Crippen LogP contribution in [0.25, 0.3) is 0 Å². The Hall–Kier alpha value is -2.97. The van der Waals surface area contributed by atoms with E-state index in [2.05, 4.69) is 13.2 Å². The zero-order valence-electron chi connectivity index (χ0n) is 25.2. The second-order valence-electron chi connectivity index (χ2n) is 12.0. The molecule has 3 saturated heterocycles. The minimum Gasteiger partial charge on any atom is -0.396 e. The normalized spacial score (nSPS) is 28.1. The van der Waals surface area contributed by atoms with E-state index in [4.69, 9.17) is 4.74 Å². The summed E-state index contributed by atoms with van der Waals surface area (Å²) in [6, 6.07) is 5.18. The quantitative estimate of drug-likeness (QED) is 0.270. The number of anilines is 1. The summed E-state index contributed by atoms with van der Waals surface area (Å²) in [5.41, 5.74) is 0.940. The van der Waals surface area contributed by atoms with Crippen molar-refractivity contribution in [3.8, 4) is 0 Å². The SMILES string of the molecule is C=CCN(C)C(=O)[C@H]1[C@H]2C(=O)N(CCCCCCO)C(C(=O)N(CC=C)c3cc(C)ccc3C)C23CC[C@]1(CC)O3. The van der Waals surface area contributed by atoms with Crippen LogP contribution in [0.3, 0.4) is 0 Å². The van der Waals surface area contributed by atoms with Gasteiger partial charge >= 0.3 is 0 Å². The fourth-order valence-corrected chi connectivity index (χ4v) is 7.48. The highest BCUT2D eigenvalue weighted by atomic mass is 16.5. The highest BCUT2D eigenvalue weighted by molar-refractivity contribution is 6.05. The number of carbonyl (C=O) groups excluding carboxylic acids is 3.